The fourth-order valence-electron chi connectivity index (χ4n) is 3.60. The SMILES string of the molecule is COC1=C(OC)[C@]2(OC)C(=O)C[C@@H]2[C@@H]1c1ccccc1. The maximum absolute atomic E-state index is 12.2. The molecule has 0 aromatic heterocycles. The van der Waals surface area contributed by atoms with Gasteiger partial charge in [0.2, 0.25) is 0 Å². The normalized spacial score (nSPS) is 31.9. The summed E-state index contributed by atoms with van der Waals surface area (Å²) in [4.78, 5) is 12.2. The van der Waals surface area contributed by atoms with Crippen LogP contribution in [0.2, 0.25) is 0 Å². The zero-order chi connectivity index (χ0) is 14.3. The monoisotopic (exact) mass is 274 g/mol. The highest BCUT2D eigenvalue weighted by Crippen LogP contribution is 2.59. The smallest absolute Gasteiger partial charge is 0.190 e. The molecule has 0 bridgehead atoms. The van der Waals surface area contributed by atoms with Crippen LogP contribution in [0.15, 0.2) is 41.9 Å². The number of carbonyl (C=O) groups is 1. The summed E-state index contributed by atoms with van der Waals surface area (Å²) >= 11 is 0. The highest BCUT2D eigenvalue weighted by molar-refractivity contribution is 5.99. The minimum Gasteiger partial charge on any atom is -0.497 e. The molecule has 0 aliphatic heterocycles. The number of Topliss-reactive ketones (excluding diaryl/α,β-unsaturated/α-hetero) is 1. The number of rotatable bonds is 4. The van der Waals surface area contributed by atoms with Crippen LogP contribution in [0.3, 0.4) is 0 Å². The first-order chi connectivity index (χ1) is 9.70. The Balaban J connectivity index is 2.14. The average molecular weight is 274 g/mol. The van der Waals surface area contributed by atoms with Crippen LogP contribution in [-0.2, 0) is 19.0 Å². The van der Waals surface area contributed by atoms with Gasteiger partial charge >= 0.3 is 0 Å². The molecule has 0 amide bonds. The van der Waals surface area contributed by atoms with Crippen LogP contribution in [0, 0.1) is 5.92 Å². The molecule has 1 fully saturated rings. The Morgan fingerprint density at radius 1 is 1.10 bits per heavy atom. The van der Waals surface area contributed by atoms with Gasteiger partial charge in [0.25, 0.3) is 0 Å². The van der Waals surface area contributed by atoms with Gasteiger partial charge in [0.15, 0.2) is 17.1 Å². The second-order valence-corrected chi connectivity index (χ2v) is 5.16. The minimum absolute atomic E-state index is 0.00815. The van der Waals surface area contributed by atoms with Crippen molar-refractivity contribution in [2.24, 2.45) is 5.92 Å². The lowest BCUT2D eigenvalue weighted by Crippen LogP contribution is -2.58. The van der Waals surface area contributed by atoms with Crippen molar-refractivity contribution in [2.75, 3.05) is 21.3 Å². The molecule has 1 aromatic carbocycles. The Kier molecular flexibility index (Phi) is 3.05. The second-order valence-electron chi connectivity index (χ2n) is 5.16. The Morgan fingerprint density at radius 3 is 2.30 bits per heavy atom. The van der Waals surface area contributed by atoms with Crippen molar-refractivity contribution in [3.05, 3.63) is 47.4 Å². The minimum atomic E-state index is -0.958. The maximum Gasteiger partial charge on any atom is 0.190 e. The number of methoxy groups -OCH3 is 3. The maximum atomic E-state index is 12.2. The highest BCUT2D eigenvalue weighted by atomic mass is 16.6. The first-order valence-electron chi connectivity index (χ1n) is 6.66. The summed E-state index contributed by atoms with van der Waals surface area (Å²) < 4.78 is 16.6. The van der Waals surface area contributed by atoms with E-state index in [1.807, 2.05) is 30.3 Å². The number of carbonyl (C=O) groups excluding carboxylic acids is 1. The van der Waals surface area contributed by atoms with Gasteiger partial charge in [0.05, 0.1) is 20.1 Å². The zero-order valence-corrected chi connectivity index (χ0v) is 11.9. The van der Waals surface area contributed by atoms with Crippen molar-refractivity contribution < 1.29 is 19.0 Å². The van der Waals surface area contributed by atoms with E-state index in [1.54, 1.807) is 21.3 Å². The number of benzene rings is 1. The molecule has 2 aliphatic carbocycles. The molecule has 0 N–H and O–H groups in total. The largest absolute Gasteiger partial charge is 0.497 e. The van der Waals surface area contributed by atoms with Gasteiger partial charge in [-0.2, -0.15) is 0 Å². The molecule has 20 heavy (non-hydrogen) atoms. The van der Waals surface area contributed by atoms with Gasteiger partial charge in [-0.05, 0) is 5.56 Å². The van der Waals surface area contributed by atoms with Gasteiger partial charge in [-0.25, -0.2) is 0 Å². The van der Waals surface area contributed by atoms with Crippen molar-refractivity contribution in [2.45, 2.75) is 17.9 Å². The quantitative estimate of drug-likeness (QED) is 0.845. The number of hydrogen-bond acceptors (Lipinski definition) is 4. The van der Waals surface area contributed by atoms with E-state index in [4.69, 9.17) is 14.2 Å². The summed E-state index contributed by atoms with van der Waals surface area (Å²) in [5, 5.41) is 0. The predicted octanol–water partition coefficient (Wildman–Crippen LogP) is 2.26. The number of ether oxygens (including phenoxy) is 3. The lowest BCUT2D eigenvalue weighted by Gasteiger charge is -2.44. The van der Waals surface area contributed by atoms with Crippen LogP contribution in [0.25, 0.3) is 0 Å². The number of allylic oxidation sites excluding steroid dienone is 1. The lowest BCUT2D eigenvalue weighted by atomic mass is 9.65. The molecule has 3 rings (SSSR count). The molecule has 0 unspecified atom stereocenters. The molecule has 106 valence electrons. The fraction of sp³-hybridized carbons (Fsp3) is 0.438. The van der Waals surface area contributed by atoms with E-state index >= 15 is 0 Å². The van der Waals surface area contributed by atoms with Crippen molar-refractivity contribution in [3.8, 4) is 0 Å². The van der Waals surface area contributed by atoms with Crippen LogP contribution in [-0.4, -0.2) is 32.7 Å². The van der Waals surface area contributed by atoms with Gasteiger partial charge in [-0.1, -0.05) is 30.3 Å². The molecule has 4 heteroatoms. The summed E-state index contributed by atoms with van der Waals surface area (Å²) in [6.07, 6.45) is 0.493. The molecule has 0 heterocycles. The molecule has 4 nitrogen and oxygen atoms in total. The van der Waals surface area contributed by atoms with E-state index in [1.165, 1.54) is 0 Å². The number of hydrogen-bond donors (Lipinski definition) is 0. The predicted molar refractivity (Wildman–Crippen MR) is 73.1 cm³/mol. The van der Waals surface area contributed by atoms with E-state index in [9.17, 15) is 4.79 Å². The zero-order valence-electron chi connectivity index (χ0n) is 11.9. The first-order valence-corrected chi connectivity index (χ1v) is 6.66. The second kappa shape index (κ2) is 4.63. The molecule has 1 aromatic rings. The van der Waals surface area contributed by atoms with Crippen molar-refractivity contribution in [3.63, 3.8) is 0 Å². The van der Waals surface area contributed by atoms with Crippen LogP contribution in [0.1, 0.15) is 17.9 Å². The van der Waals surface area contributed by atoms with E-state index in [0.717, 1.165) is 5.56 Å². The van der Waals surface area contributed by atoms with E-state index < -0.39 is 5.60 Å². The number of ketones is 1. The first kappa shape index (κ1) is 13.2. The van der Waals surface area contributed by atoms with E-state index in [0.29, 0.717) is 17.9 Å². The van der Waals surface area contributed by atoms with Crippen molar-refractivity contribution >= 4 is 5.78 Å². The lowest BCUT2D eigenvalue weighted by molar-refractivity contribution is -0.165. The molecule has 3 atom stereocenters. The fourth-order valence-corrected chi connectivity index (χ4v) is 3.60. The third-order valence-electron chi connectivity index (χ3n) is 4.49. The van der Waals surface area contributed by atoms with Gasteiger partial charge < -0.3 is 14.2 Å². The molecule has 1 saturated carbocycles. The van der Waals surface area contributed by atoms with Crippen LogP contribution in [0.4, 0.5) is 0 Å². The Labute approximate surface area is 118 Å². The summed E-state index contributed by atoms with van der Waals surface area (Å²) in [6, 6.07) is 10.0. The summed E-state index contributed by atoms with van der Waals surface area (Å²) in [5.41, 5.74) is 0.163. The van der Waals surface area contributed by atoms with Gasteiger partial charge in [0, 0.05) is 19.4 Å². The topological polar surface area (TPSA) is 44.8 Å². The Bertz CT molecular complexity index is 563. The summed E-state index contributed by atoms with van der Waals surface area (Å²) in [5.74, 6) is 1.35. The molecule has 2 aliphatic rings. The number of fused-ring (bicyclic) bond motifs is 1. The molecular weight excluding hydrogens is 256 g/mol. The third-order valence-corrected chi connectivity index (χ3v) is 4.49. The molecule has 0 spiro atoms. The third kappa shape index (κ3) is 1.43. The van der Waals surface area contributed by atoms with Crippen molar-refractivity contribution in [1.29, 1.82) is 0 Å². The summed E-state index contributed by atoms with van der Waals surface area (Å²) in [7, 11) is 4.73. The van der Waals surface area contributed by atoms with Gasteiger partial charge in [0.1, 0.15) is 5.76 Å². The van der Waals surface area contributed by atoms with Crippen molar-refractivity contribution in [1.82, 2.24) is 0 Å². The molecule has 0 saturated heterocycles. The highest BCUT2D eigenvalue weighted by Gasteiger charge is 2.68. The Hall–Kier alpha value is -1.81. The van der Waals surface area contributed by atoms with Gasteiger partial charge in [-0.3, -0.25) is 4.79 Å². The van der Waals surface area contributed by atoms with Gasteiger partial charge in [-0.15, -0.1) is 0 Å². The standard InChI is InChI=1S/C16H18O4/c1-18-14-13(10-7-5-4-6-8-10)11-9-12(17)16(11,20-3)15(14)19-2/h4-8,11,13H,9H2,1-3H3/t11-,13+,16-/m1/s1. The van der Waals surface area contributed by atoms with Crippen LogP contribution >= 0.6 is 0 Å². The van der Waals surface area contributed by atoms with E-state index in [2.05, 4.69) is 0 Å². The molecule has 0 radical (unpaired) electrons. The van der Waals surface area contributed by atoms with Crippen LogP contribution in [0.5, 0.6) is 0 Å². The van der Waals surface area contributed by atoms with E-state index in [-0.39, 0.29) is 17.6 Å². The summed E-state index contributed by atoms with van der Waals surface area (Å²) in [6.45, 7) is 0. The average Bonchev–Trinajstić information content (AvgIpc) is 2.72. The Morgan fingerprint density at radius 2 is 1.80 bits per heavy atom. The molecular formula is C16H18O4. The van der Waals surface area contributed by atoms with Crippen LogP contribution < -0.4 is 0 Å².